The van der Waals surface area contributed by atoms with Gasteiger partial charge in [0.2, 0.25) is 10.3 Å². The second kappa shape index (κ2) is 5.98. The predicted octanol–water partition coefficient (Wildman–Crippen LogP) is 4.39. The van der Waals surface area contributed by atoms with Crippen molar-refractivity contribution >= 4 is 28.6 Å². The van der Waals surface area contributed by atoms with E-state index in [1.54, 1.807) is 11.8 Å². The molecule has 0 amide bonds. The summed E-state index contributed by atoms with van der Waals surface area (Å²) in [5.74, 6) is 0. The number of nitrogens with zero attached hydrogens (tertiary/aromatic N) is 1. The van der Waals surface area contributed by atoms with Gasteiger partial charge < -0.3 is 4.74 Å². The molecular formula is C14H18ClNOS. The highest BCUT2D eigenvalue weighted by Gasteiger charge is 2.46. The zero-order chi connectivity index (χ0) is 13.0. The van der Waals surface area contributed by atoms with Crippen LogP contribution in [0.25, 0.3) is 0 Å². The summed E-state index contributed by atoms with van der Waals surface area (Å²) in [7, 11) is 0. The average Bonchev–Trinajstić information content (AvgIpc) is 2.68. The molecule has 0 bridgehead atoms. The van der Waals surface area contributed by atoms with E-state index in [0.717, 1.165) is 30.2 Å². The minimum absolute atomic E-state index is 0.155. The van der Waals surface area contributed by atoms with Gasteiger partial charge in [-0.3, -0.25) is 0 Å². The molecule has 0 radical (unpaired) electrons. The third-order valence-corrected chi connectivity index (χ3v) is 4.81. The second-order valence-corrected chi connectivity index (χ2v) is 6.23. The van der Waals surface area contributed by atoms with Gasteiger partial charge in [-0.15, -0.1) is 0 Å². The molecule has 98 valence electrons. The van der Waals surface area contributed by atoms with Gasteiger partial charge in [0.25, 0.3) is 0 Å². The third kappa shape index (κ3) is 2.83. The molecule has 1 fully saturated rings. The van der Waals surface area contributed by atoms with Crippen molar-refractivity contribution in [3.05, 3.63) is 35.9 Å². The first-order valence-electron chi connectivity index (χ1n) is 6.31. The van der Waals surface area contributed by atoms with Crippen molar-refractivity contribution in [2.75, 3.05) is 6.54 Å². The number of thioether (sulfide) groups is 1. The molecule has 1 saturated heterocycles. The summed E-state index contributed by atoms with van der Waals surface area (Å²) >= 11 is 8.24. The van der Waals surface area contributed by atoms with Crippen LogP contribution in [0.2, 0.25) is 0 Å². The molecule has 0 spiro atoms. The fourth-order valence-corrected chi connectivity index (χ4v) is 3.18. The lowest BCUT2D eigenvalue weighted by Crippen LogP contribution is -2.27. The quantitative estimate of drug-likeness (QED) is 0.604. The Balaban J connectivity index is 2.13. The first-order valence-corrected chi connectivity index (χ1v) is 7.57. The van der Waals surface area contributed by atoms with Crippen LogP contribution in [0.5, 0.6) is 0 Å². The Morgan fingerprint density at radius 3 is 2.78 bits per heavy atom. The lowest BCUT2D eigenvalue weighted by molar-refractivity contribution is 0.163. The highest BCUT2D eigenvalue weighted by molar-refractivity contribution is 8.14. The van der Waals surface area contributed by atoms with Crippen molar-refractivity contribution in [1.29, 1.82) is 0 Å². The molecule has 1 aliphatic rings. The fraction of sp³-hybridized carbons (Fsp3) is 0.500. The molecule has 2 rings (SSSR count). The molecule has 2 nitrogen and oxygen atoms in total. The van der Waals surface area contributed by atoms with Crippen LogP contribution in [0, 0.1) is 0 Å². The van der Waals surface area contributed by atoms with Crippen molar-refractivity contribution in [2.45, 2.75) is 37.0 Å². The van der Waals surface area contributed by atoms with Gasteiger partial charge >= 0.3 is 0 Å². The molecule has 1 aromatic rings. The zero-order valence-corrected chi connectivity index (χ0v) is 12.3. The van der Waals surface area contributed by atoms with E-state index in [1.807, 2.05) is 30.3 Å². The number of rotatable bonds is 4. The average molecular weight is 284 g/mol. The Kier molecular flexibility index (Phi) is 4.57. The number of hydrogen-bond donors (Lipinski definition) is 0. The molecule has 2 atom stereocenters. The van der Waals surface area contributed by atoms with Gasteiger partial charge in [-0.2, -0.15) is 0 Å². The highest BCUT2D eigenvalue weighted by atomic mass is 35.5. The predicted molar refractivity (Wildman–Crippen MR) is 79.3 cm³/mol. The van der Waals surface area contributed by atoms with Crippen LogP contribution in [0.15, 0.2) is 35.3 Å². The molecule has 1 aliphatic heterocycles. The van der Waals surface area contributed by atoms with Gasteiger partial charge in [-0.1, -0.05) is 67.0 Å². The number of halogens is 1. The first-order chi connectivity index (χ1) is 8.66. The molecule has 0 aromatic heterocycles. The van der Waals surface area contributed by atoms with E-state index >= 15 is 0 Å². The number of alkyl halides is 1. The van der Waals surface area contributed by atoms with E-state index in [4.69, 9.17) is 16.3 Å². The molecular weight excluding hydrogens is 266 g/mol. The standard InChI is InChI=1S/C14H18ClNOS/c1-3-4-10-16-13-17-14(15,11(2)18-13)12-8-6-5-7-9-12/h5-9,11H,3-4,10H2,1-2H3. The van der Waals surface area contributed by atoms with Gasteiger partial charge in [0.1, 0.15) is 0 Å². The number of aliphatic imine (C=N–C) groups is 1. The number of ether oxygens (including phenoxy) is 1. The number of unbranched alkanes of at least 4 members (excludes halogenated alkanes) is 1. The SMILES string of the molecule is CCCCN=C1OC(Cl)(c2ccccc2)C(C)S1. The third-order valence-electron chi connectivity index (χ3n) is 2.96. The van der Waals surface area contributed by atoms with Crippen LogP contribution in [-0.2, 0) is 9.80 Å². The largest absolute Gasteiger partial charge is 0.445 e. The summed E-state index contributed by atoms with van der Waals surface area (Å²) in [6.07, 6.45) is 2.23. The Morgan fingerprint density at radius 1 is 1.39 bits per heavy atom. The molecule has 1 heterocycles. The molecule has 0 aliphatic carbocycles. The fourth-order valence-electron chi connectivity index (χ4n) is 1.82. The number of hydrogen-bond acceptors (Lipinski definition) is 3. The van der Waals surface area contributed by atoms with E-state index in [0.29, 0.717) is 0 Å². The molecule has 4 heteroatoms. The van der Waals surface area contributed by atoms with Gasteiger partial charge in [0.15, 0.2) is 0 Å². The zero-order valence-electron chi connectivity index (χ0n) is 10.7. The van der Waals surface area contributed by atoms with Gasteiger partial charge in [0, 0.05) is 12.1 Å². The van der Waals surface area contributed by atoms with Crippen molar-refractivity contribution in [3.8, 4) is 0 Å². The van der Waals surface area contributed by atoms with Gasteiger partial charge in [0.05, 0.1) is 5.25 Å². The van der Waals surface area contributed by atoms with Crippen LogP contribution in [-0.4, -0.2) is 17.0 Å². The lowest BCUT2D eigenvalue weighted by Gasteiger charge is -2.24. The van der Waals surface area contributed by atoms with Crippen LogP contribution < -0.4 is 0 Å². The van der Waals surface area contributed by atoms with E-state index in [2.05, 4.69) is 18.8 Å². The Morgan fingerprint density at radius 2 is 2.11 bits per heavy atom. The maximum atomic E-state index is 6.63. The van der Waals surface area contributed by atoms with E-state index in [9.17, 15) is 0 Å². The monoisotopic (exact) mass is 283 g/mol. The topological polar surface area (TPSA) is 21.6 Å². The summed E-state index contributed by atoms with van der Waals surface area (Å²) in [6.45, 7) is 5.04. The Labute approximate surface area is 118 Å². The smallest absolute Gasteiger partial charge is 0.248 e. The summed E-state index contributed by atoms with van der Waals surface area (Å²) < 4.78 is 5.87. The van der Waals surface area contributed by atoms with E-state index in [1.165, 1.54) is 0 Å². The highest BCUT2D eigenvalue weighted by Crippen LogP contribution is 2.47. The summed E-state index contributed by atoms with van der Waals surface area (Å²) in [5.41, 5.74) is 0.993. The van der Waals surface area contributed by atoms with Crippen LogP contribution >= 0.6 is 23.4 Å². The summed E-state index contributed by atoms with van der Waals surface area (Å²) in [4.78, 5) is 4.46. The normalized spacial score (nSPS) is 29.5. The van der Waals surface area contributed by atoms with Gasteiger partial charge in [-0.05, 0) is 13.3 Å². The summed E-state index contributed by atoms with van der Waals surface area (Å²) in [5, 5.41) is 0.0912. The number of benzene rings is 1. The van der Waals surface area contributed by atoms with Crippen molar-refractivity contribution in [1.82, 2.24) is 0 Å². The first kappa shape index (κ1) is 13.8. The maximum absolute atomic E-state index is 6.63. The van der Waals surface area contributed by atoms with E-state index < -0.39 is 5.06 Å². The van der Waals surface area contributed by atoms with Crippen LogP contribution in [0.3, 0.4) is 0 Å². The minimum Gasteiger partial charge on any atom is -0.445 e. The molecule has 0 saturated carbocycles. The molecule has 1 aromatic carbocycles. The molecule has 2 unspecified atom stereocenters. The Bertz CT molecular complexity index is 423. The van der Waals surface area contributed by atoms with Crippen LogP contribution in [0.1, 0.15) is 32.3 Å². The maximum Gasteiger partial charge on any atom is 0.248 e. The van der Waals surface area contributed by atoms with Crippen molar-refractivity contribution in [2.24, 2.45) is 4.99 Å². The summed E-state index contributed by atoms with van der Waals surface area (Å²) in [6, 6.07) is 9.93. The minimum atomic E-state index is -0.781. The van der Waals surface area contributed by atoms with E-state index in [-0.39, 0.29) is 5.25 Å². The Hall–Kier alpha value is -0.670. The van der Waals surface area contributed by atoms with Crippen molar-refractivity contribution in [3.63, 3.8) is 0 Å². The molecule has 0 N–H and O–H groups in total. The van der Waals surface area contributed by atoms with Crippen LogP contribution in [0.4, 0.5) is 0 Å². The van der Waals surface area contributed by atoms with Crippen molar-refractivity contribution < 1.29 is 4.74 Å². The van der Waals surface area contributed by atoms with Gasteiger partial charge in [-0.25, -0.2) is 4.99 Å². The second-order valence-electron chi connectivity index (χ2n) is 4.37. The lowest BCUT2D eigenvalue weighted by atomic mass is 10.1. The molecule has 18 heavy (non-hydrogen) atoms.